The Kier molecular flexibility index (Phi) is 3.15. The number of H-pyrrole nitrogens is 1. The number of rotatable bonds is 1. The number of nitrogens with zero attached hydrogens (tertiary/aromatic N) is 3. The Balaban J connectivity index is 1.43. The lowest BCUT2D eigenvalue weighted by molar-refractivity contribution is 0.323. The fourth-order valence-electron chi connectivity index (χ4n) is 4.28. The molecule has 25 heavy (non-hydrogen) atoms. The summed E-state index contributed by atoms with van der Waals surface area (Å²) in [5, 5.41) is 1.09. The van der Waals surface area contributed by atoms with Crippen molar-refractivity contribution in [3.8, 4) is 0 Å². The zero-order valence-electron chi connectivity index (χ0n) is 13.8. The number of hydrogen-bond acceptors (Lipinski definition) is 6. The molecule has 0 saturated carbocycles. The van der Waals surface area contributed by atoms with E-state index in [9.17, 15) is 4.79 Å². The fraction of sp³-hybridized carbons (Fsp3) is 0.389. The fourth-order valence-corrected chi connectivity index (χ4v) is 5.29. The van der Waals surface area contributed by atoms with Gasteiger partial charge in [0.05, 0.1) is 15.9 Å². The van der Waals surface area contributed by atoms with Crippen LogP contribution < -0.4 is 16.2 Å². The first-order valence-electron chi connectivity index (χ1n) is 8.64. The Morgan fingerprint density at radius 1 is 1.16 bits per heavy atom. The van der Waals surface area contributed by atoms with Crippen LogP contribution in [0.5, 0.6) is 0 Å². The smallest absolute Gasteiger partial charge is 0.255 e. The monoisotopic (exact) mass is 353 g/mol. The van der Waals surface area contributed by atoms with Gasteiger partial charge in [0, 0.05) is 24.1 Å². The van der Waals surface area contributed by atoms with E-state index >= 15 is 0 Å². The highest BCUT2D eigenvalue weighted by Gasteiger charge is 2.44. The molecular weight excluding hydrogens is 334 g/mol. The van der Waals surface area contributed by atoms with Gasteiger partial charge in [-0.05, 0) is 37.8 Å². The second kappa shape index (κ2) is 5.29. The van der Waals surface area contributed by atoms with Crippen molar-refractivity contribution in [2.75, 3.05) is 23.7 Å². The van der Waals surface area contributed by atoms with Gasteiger partial charge in [-0.15, -0.1) is 0 Å². The topological polar surface area (TPSA) is 87.9 Å². The first-order valence-corrected chi connectivity index (χ1v) is 9.46. The number of piperidine rings is 1. The van der Waals surface area contributed by atoms with E-state index in [1.807, 2.05) is 6.07 Å². The minimum Gasteiger partial charge on any atom is -0.369 e. The summed E-state index contributed by atoms with van der Waals surface area (Å²) in [5.74, 6) is 0.235. The minimum atomic E-state index is -0.0621. The summed E-state index contributed by atoms with van der Waals surface area (Å²) < 4.78 is 1.23. The van der Waals surface area contributed by atoms with Crippen molar-refractivity contribution in [2.24, 2.45) is 0 Å². The van der Waals surface area contributed by atoms with Crippen molar-refractivity contribution in [1.82, 2.24) is 15.0 Å². The van der Waals surface area contributed by atoms with Crippen LogP contribution in [0.25, 0.3) is 10.2 Å². The van der Waals surface area contributed by atoms with Crippen molar-refractivity contribution < 1.29 is 0 Å². The molecule has 2 aromatic heterocycles. The van der Waals surface area contributed by atoms with E-state index in [-0.39, 0.29) is 16.9 Å². The number of nitrogen functional groups attached to an aromatic ring is 1. The van der Waals surface area contributed by atoms with Crippen LogP contribution >= 0.6 is 11.3 Å². The Labute approximate surface area is 148 Å². The van der Waals surface area contributed by atoms with Gasteiger partial charge in [0.15, 0.2) is 5.13 Å². The van der Waals surface area contributed by atoms with Gasteiger partial charge in [-0.25, -0.2) is 9.97 Å². The van der Waals surface area contributed by atoms with Crippen LogP contribution in [0.4, 0.5) is 11.1 Å². The third-order valence-electron chi connectivity index (χ3n) is 5.66. The number of fused-ring (bicyclic) bond motifs is 3. The van der Waals surface area contributed by atoms with Crippen LogP contribution in [-0.2, 0) is 11.8 Å². The lowest BCUT2D eigenvalue weighted by Crippen LogP contribution is -2.42. The molecule has 5 rings (SSSR count). The standard InChI is InChI=1S/C18H19N5OS/c19-16-21-14-11(15(24)22-16)5-6-18(14)7-9-23(10-8-18)17-20-12-3-1-2-4-13(12)25-17/h1-4H,5-10H2,(H3,19,21,22,24). The number of benzene rings is 1. The van der Waals surface area contributed by atoms with Crippen LogP contribution in [0.15, 0.2) is 29.1 Å². The normalized spacial score (nSPS) is 18.8. The molecule has 1 spiro atoms. The highest BCUT2D eigenvalue weighted by atomic mass is 32.1. The summed E-state index contributed by atoms with van der Waals surface area (Å²) in [6.45, 7) is 1.88. The van der Waals surface area contributed by atoms with Crippen LogP contribution in [0, 0.1) is 0 Å². The number of thiazole rings is 1. The van der Waals surface area contributed by atoms with Crippen molar-refractivity contribution in [3.63, 3.8) is 0 Å². The Bertz CT molecular complexity index is 983. The molecule has 0 bridgehead atoms. The quantitative estimate of drug-likeness (QED) is 0.701. The van der Waals surface area contributed by atoms with Crippen molar-refractivity contribution in [1.29, 1.82) is 0 Å². The molecule has 7 heteroatoms. The largest absolute Gasteiger partial charge is 0.369 e. The van der Waals surface area contributed by atoms with Gasteiger partial charge in [0.2, 0.25) is 5.95 Å². The summed E-state index contributed by atoms with van der Waals surface area (Å²) in [6.07, 6.45) is 3.78. The Morgan fingerprint density at radius 3 is 2.76 bits per heavy atom. The van der Waals surface area contributed by atoms with E-state index in [1.54, 1.807) is 11.3 Å². The first kappa shape index (κ1) is 14.9. The molecule has 3 heterocycles. The van der Waals surface area contributed by atoms with E-state index in [0.717, 1.165) is 60.7 Å². The summed E-state index contributed by atoms with van der Waals surface area (Å²) in [6, 6.07) is 8.26. The Morgan fingerprint density at radius 2 is 1.96 bits per heavy atom. The van der Waals surface area contributed by atoms with Gasteiger partial charge < -0.3 is 10.6 Å². The molecule has 1 aliphatic carbocycles. The molecule has 3 N–H and O–H groups in total. The predicted molar refractivity (Wildman–Crippen MR) is 100 cm³/mol. The van der Waals surface area contributed by atoms with Crippen LogP contribution in [0.2, 0.25) is 0 Å². The van der Waals surface area contributed by atoms with Gasteiger partial charge in [0.1, 0.15) is 0 Å². The van der Waals surface area contributed by atoms with Crippen LogP contribution in [-0.4, -0.2) is 28.0 Å². The maximum Gasteiger partial charge on any atom is 0.255 e. The van der Waals surface area contributed by atoms with E-state index in [1.165, 1.54) is 4.70 Å². The maximum absolute atomic E-state index is 12.1. The molecule has 1 aliphatic heterocycles. The van der Waals surface area contributed by atoms with Crippen molar-refractivity contribution >= 4 is 32.6 Å². The number of aromatic amines is 1. The molecule has 1 fully saturated rings. The molecular formula is C18H19N5OS. The molecule has 0 radical (unpaired) electrons. The molecule has 2 aliphatic rings. The lowest BCUT2D eigenvalue weighted by atomic mass is 9.76. The minimum absolute atomic E-state index is 0.00486. The van der Waals surface area contributed by atoms with Crippen molar-refractivity contribution in [3.05, 3.63) is 45.9 Å². The highest BCUT2D eigenvalue weighted by molar-refractivity contribution is 7.22. The van der Waals surface area contributed by atoms with Gasteiger partial charge in [0.25, 0.3) is 5.56 Å². The molecule has 128 valence electrons. The number of aromatic nitrogens is 3. The number of para-hydroxylation sites is 1. The molecule has 0 unspecified atom stereocenters. The molecule has 6 nitrogen and oxygen atoms in total. The predicted octanol–water partition coefficient (Wildman–Crippen LogP) is 2.45. The molecule has 1 aromatic carbocycles. The SMILES string of the molecule is Nc1nc2c(c(=O)[nH]1)CCC21CCN(c2nc3ccccc3s2)CC1. The summed E-state index contributed by atoms with van der Waals surface area (Å²) in [5.41, 5.74) is 8.58. The first-order chi connectivity index (χ1) is 12.1. The number of nitrogens with two attached hydrogens (primary N) is 1. The summed E-state index contributed by atoms with van der Waals surface area (Å²) in [4.78, 5) is 26.4. The second-order valence-electron chi connectivity index (χ2n) is 7.01. The summed E-state index contributed by atoms with van der Waals surface area (Å²) >= 11 is 1.75. The number of anilines is 2. The van der Waals surface area contributed by atoms with E-state index in [2.05, 4.69) is 33.1 Å². The van der Waals surface area contributed by atoms with Gasteiger partial charge >= 0.3 is 0 Å². The number of hydrogen-bond donors (Lipinski definition) is 2. The van der Waals surface area contributed by atoms with E-state index in [4.69, 9.17) is 10.7 Å². The maximum atomic E-state index is 12.1. The third kappa shape index (κ3) is 2.26. The Hall–Kier alpha value is -2.41. The lowest BCUT2D eigenvalue weighted by Gasteiger charge is -2.39. The van der Waals surface area contributed by atoms with Gasteiger partial charge in [-0.1, -0.05) is 23.5 Å². The van der Waals surface area contributed by atoms with Crippen LogP contribution in [0.3, 0.4) is 0 Å². The molecule has 0 amide bonds. The highest BCUT2D eigenvalue weighted by Crippen LogP contribution is 2.45. The molecule has 3 aromatic rings. The van der Waals surface area contributed by atoms with Gasteiger partial charge in [-0.2, -0.15) is 0 Å². The zero-order valence-corrected chi connectivity index (χ0v) is 14.6. The van der Waals surface area contributed by atoms with Crippen LogP contribution in [0.1, 0.15) is 30.5 Å². The van der Waals surface area contributed by atoms with E-state index in [0.29, 0.717) is 0 Å². The third-order valence-corrected chi connectivity index (χ3v) is 6.76. The molecule has 1 saturated heterocycles. The average Bonchev–Trinajstić information content (AvgIpc) is 3.18. The van der Waals surface area contributed by atoms with E-state index < -0.39 is 0 Å². The average molecular weight is 353 g/mol. The second-order valence-corrected chi connectivity index (χ2v) is 8.02. The van der Waals surface area contributed by atoms with Gasteiger partial charge in [-0.3, -0.25) is 9.78 Å². The molecule has 0 atom stereocenters. The zero-order chi connectivity index (χ0) is 17.0. The summed E-state index contributed by atoms with van der Waals surface area (Å²) in [7, 11) is 0. The van der Waals surface area contributed by atoms with Crippen molar-refractivity contribution in [2.45, 2.75) is 31.1 Å². The number of nitrogens with one attached hydrogen (secondary N) is 1.